The fraction of sp³-hybridized carbons (Fsp3) is 0.818. The second kappa shape index (κ2) is 6.48. The molecule has 1 atom stereocenters. The zero-order valence-corrected chi connectivity index (χ0v) is 9.87. The molecule has 0 radical (unpaired) electrons. The Kier molecular flexibility index (Phi) is 5.25. The first-order valence-electron chi connectivity index (χ1n) is 5.85. The fourth-order valence-corrected chi connectivity index (χ4v) is 1.94. The largest absolute Gasteiger partial charge is 0.370 e. The molecule has 1 saturated heterocycles. The molecule has 0 bridgehead atoms. The minimum absolute atomic E-state index is 0.000602. The van der Waals surface area contributed by atoms with E-state index in [0.29, 0.717) is 13.1 Å². The molecule has 1 aliphatic heterocycles. The fourth-order valence-electron chi connectivity index (χ4n) is 1.94. The average molecular weight is 227 g/mol. The van der Waals surface area contributed by atoms with Crippen LogP contribution in [0.3, 0.4) is 0 Å². The van der Waals surface area contributed by atoms with Crippen molar-refractivity contribution in [1.82, 2.24) is 10.2 Å². The van der Waals surface area contributed by atoms with E-state index in [1.54, 1.807) is 0 Å². The summed E-state index contributed by atoms with van der Waals surface area (Å²) >= 11 is 0. The lowest BCUT2D eigenvalue weighted by molar-refractivity contribution is -0.123. The van der Waals surface area contributed by atoms with Crippen LogP contribution >= 0.6 is 0 Å². The number of likely N-dealkylation sites (tertiary alicyclic amines) is 1. The van der Waals surface area contributed by atoms with E-state index in [0.717, 1.165) is 13.1 Å². The summed E-state index contributed by atoms with van der Waals surface area (Å²) in [4.78, 5) is 24.4. The van der Waals surface area contributed by atoms with E-state index < -0.39 is 0 Å². The molecule has 5 nitrogen and oxygen atoms in total. The Morgan fingerprint density at radius 1 is 1.31 bits per heavy atom. The van der Waals surface area contributed by atoms with Gasteiger partial charge in [0.2, 0.25) is 11.8 Å². The van der Waals surface area contributed by atoms with Crippen LogP contribution in [0.5, 0.6) is 0 Å². The number of carbonyl (C=O) groups excluding carboxylic acids is 2. The molecule has 2 amide bonds. The Labute approximate surface area is 96.4 Å². The number of nitrogens with two attached hydrogens (primary N) is 1. The minimum atomic E-state index is -0.347. The van der Waals surface area contributed by atoms with Crippen molar-refractivity contribution in [2.24, 2.45) is 11.7 Å². The van der Waals surface area contributed by atoms with Gasteiger partial charge < -0.3 is 11.1 Å². The summed E-state index contributed by atoms with van der Waals surface area (Å²) in [5.74, 6) is -0.323. The smallest absolute Gasteiger partial charge is 0.221 e. The molecule has 1 aliphatic rings. The summed E-state index contributed by atoms with van der Waals surface area (Å²) in [5, 5.41) is 2.86. The lowest BCUT2D eigenvalue weighted by Gasteiger charge is -2.16. The van der Waals surface area contributed by atoms with Crippen LogP contribution in [0.1, 0.15) is 32.6 Å². The lowest BCUT2D eigenvalue weighted by Crippen LogP contribution is -2.36. The summed E-state index contributed by atoms with van der Waals surface area (Å²) in [6, 6.07) is 0. The lowest BCUT2D eigenvalue weighted by atomic mass is 10.0. The highest BCUT2D eigenvalue weighted by molar-refractivity contribution is 5.78. The zero-order valence-electron chi connectivity index (χ0n) is 9.87. The molecule has 0 aliphatic carbocycles. The number of rotatable bonds is 6. The van der Waals surface area contributed by atoms with Gasteiger partial charge in [-0.15, -0.1) is 0 Å². The third-order valence-electron chi connectivity index (χ3n) is 2.78. The number of hydrogen-bond acceptors (Lipinski definition) is 3. The van der Waals surface area contributed by atoms with Crippen molar-refractivity contribution in [3.05, 3.63) is 0 Å². The van der Waals surface area contributed by atoms with Crippen molar-refractivity contribution >= 4 is 11.8 Å². The van der Waals surface area contributed by atoms with Gasteiger partial charge >= 0.3 is 0 Å². The summed E-state index contributed by atoms with van der Waals surface area (Å²) < 4.78 is 0. The molecule has 0 aromatic heterocycles. The van der Waals surface area contributed by atoms with Gasteiger partial charge in [0.15, 0.2) is 0 Å². The van der Waals surface area contributed by atoms with E-state index in [1.165, 1.54) is 12.8 Å². The number of nitrogens with zero attached hydrogens (tertiary/aromatic N) is 1. The minimum Gasteiger partial charge on any atom is -0.370 e. The monoisotopic (exact) mass is 227 g/mol. The van der Waals surface area contributed by atoms with Crippen LogP contribution in [-0.4, -0.2) is 36.5 Å². The van der Waals surface area contributed by atoms with Gasteiger partial charge in [0.1, 0.15) is 0 Å². The molecule has 1 rings (SSSR count). The first kappa shape index (κ1) is 13.0. The molecule has 92 valence electrons. The van der Waals surface area contributed by atoms with Gasteiger partial charge in [-0.25, -0.2) is 0 Å². The number of amides is 2. The molecule has 16 heavy (non-hydrogen) atoms. The van der Waals surface area contributed by atoms with Gasteiger partial charge in [-0.05, 0) is 31.8 Å². The zero-order chi connectivity index (χ0) is 12.0. The predicted molar refractivity (Wildman–Crippen MR) is 61.4 cm³/mol. The average Bonchev–Trinajstić information content (AvgIpc) is 2.65. The Morgan fingerprint density at radius 2 is 1.94 bits per heavy atom. The second-order valence-electron chi connectivity index (χ2n) is 4.56. The van der Waals surface area contributed by atoms with Gasteiger partial charge in [0.05, 0.1) is 6.67 Å². The molecule has 5 heteroatoms. The molecular weight excluding hydrogens is 206 g/mol. The quantitative estimate of drug-likeness (QED) is 0.673. The molecule has 3 N–H and O–H groups in total. The molecule has 1 fully saturated rings. The highest BCUT2D eigenvalue weighted by Gasteiger charge is 2.14. The Morgan fingerprint density at radius 3 is 2.50 bits per heavy atom. The standard InChI is InChI=1S/C11H21N3O2/c1-9(6-10(12)15)7-11(16)13-8-14-4-2-3-5-14/h9H,2-8H2,1H3,(H2,12,15)(H,13,16)/t9-/m1/s1. The van der Waals surface area contributed by atoms with Crippen molar-refractivity contribution in [3.63, 3.8) is 0 Å². The summed E-state index contributed by atoms with van der Waals surface area (Å²) in [7, 11) is 0. The van der Waals surface area contributed by atoms with Gasteiger partial charge in [-0.1, -0.05) is 6.92 Å². The van der Waals surface area contributed by atoms with Crippen LogP contribution in [0.4, 0.5) is 0 Å². The first-order chi connectivity index (χ1) is 7.58. The Bertz CT molecular complexity index is 250. The summed E-state index contributed by atoms with van der Waals surface area (Å²) in [6.07, 6.45) is 3.08. The van der Waals surface area contributed by atoms with E-state index in [-0.39, 0.29) is 24.2 Å². The van der Waals surface area contributed by atoms with Crippen LogP contribution in [0.2, 0.25) is 0 Å². The van der Waals surface area contributed by atoms with Crippen molar-refractivity contribution < 1.29 is 9.59 Å². The number of primary amides is 1. The van der Waals surface area contributed by atoms with Crippen LogP contribution < -0.4 is 11.1 Å². The Balaban J connectivity index is 2.12. The molecular formula is C11H21N3O2. The summed E-state index contributed by atoms with van der Waals surface area (Å²) in [6.45, 7) is 4.62. The topological polar surface area (TPSA) is 75.4 Å². The summed E-state index contributed by atoms with van der Waals surface area (Å²) in [5.41, 5.74) is 5.06. The predicted octanol–water partition coefficient (Wildman–Crippen LogP) is 0.0575. The maximum absolute atomic E-state index is 11.5. The number of hydrogen-bond donors (Lipinski definition) is 2. The number of carbonyl (C=O) groups is 2. The SMILES string of the molecule is C[C@H](CC(N)=O)CC(=O)NCN1CCCC1. The van der Waals surface area contributed by atoms with Crippen LogP contribution in [-0.2, 0) is 9.59 Å². The molecule has 0 saturated carbocycles. The maximum atomic E-state index is 11.5. The molecule has 0 aromatic carbocycles. The van der Waals surface area contributed by atoms with Crippen LogP contribution in [0, 0.1) is 5.92 Å². The van der Waals surface area contributed by atoms with E-state index in [2.05, 4.69) is 10.2 Å². The van der Waals surface area contributed by atoms with Gasteiger partial charge in [-0.3, -0.25) is 14.5 Å². The van der Waals surface area contributed by atoms with E-state index in [4.69, 9.17) is 5.73 Å². The molecule has 0 spiro atoms. The molecule has 1 heterocycles. The second-order valence-corrected chi connectivity index (χ2v) is 4.56. The van der Waals surface area contributed by atoms with Crippen LogP contribution in [0.15, 0.2) is 0 Å². The van der Waals surface area contributed by atoms with E-state index in [1.807, 2.05) is 6.92 Å². The van der Waals surface area contributed by atoms with Gasteiger partial charge in [-0.2, -0.15) is 0 Å². The van der Waals surface area contributed by atoms with Crippen LogP contribution in [0.25, 0.3) is 0 Å². The maximum Gasteiger partial charge on any atom is 0.221 e. The molecule has 0 unspecified atom stereocenters. The Hall–Kier alpha value is -1.10. The third-order valence-corrected chi connectivity index (χ3v) is 2.78. The van der Waals surface area contributed by atoms with Crippen molar-refractivity contribution in [1.29, 1.82) is 0 Å². The van der Waals surface area contributed by atoms with Gasteiger partial charge in [0, 0.05) is 12.8 Å². The number of nitrogens with one attached hydrogen (secondary N) is 1. The highest BCUT2D eigenvalue weighted by Crippen LogP contribution is 2.07. The normalized spacial score (nSPS) is 18.3. The van der Waals surface area contributed by atoms with E-state index >= 15 is 0 Å². The first-order valence-corrected chi connectivity index (χ1v) is 5.85. The van der Waals surface area contributed by atoms with Crippen molar-refractivity contribution in [3.8, 4) is 0 Å². The van der Waals surface area contributed by atoms with E-state index in [9.17, 15) is 9.59 Å². The third kappa shape index (κ3) is 5.11. The molecule has 0 aromatic rings. The van der Waals surface area contributed by atoms with Crippen molar-refractivity contribution in [2.75, 3.05) is 19.8 Å². The van der Waals surface area contributed by atoms with Gasteiger partial charge in [0.25, 0.3) is 0 Å². The highest BCUT2D eigenvalue weighted by atomic mass is 16.2. The van der Waals surface area contributed by atoms with Crippen molar-refractivity contribution in [2.45, 2.75) is 32.6 Å².